The number of rotatable bonds is 3. The zero-order valence-corrected chi connectivity index (χ0v) is 11.0. The van der Waals surface area contributed by atoms with Gasteiger partial charge < -0.3 is 9.88 Å². The SMILES string of the molecule is CC(Br)C(=O)Nc1cccc(-n2cccc2)c1. The molecule has 1 N–H and O–H groups in total. The topological polar surface area (TPSA) is 34.0 Å². The van der Waals surface area contributed by atoms with Crippen LogP contribution in [0.15, 0.2) is 48.8 Å². The van der Waals surface area contributed by atoms with Gasteiger partial charge in [0.15, 0.2) is 0 Å². The van der Waals surface area contributed by atoms with Crippen LogP contribution in [0.4, 0.5) is 5.69 Å². The van der Waals surface area contributed by atoms with Gasteiger partial charge in [-0.1, -0.05) is 22.0 Å². The van der Waals surface area contributed by atoms with E-state index in [2.05, 4.69) is 21.2 Å². The lowest BCUT2D eigenvalue weighted by Crippen LogP contribution is -2.19. The summed E-state index contributed by atoms with van der Waals surface area (Å²) in [5, 5.41) is 2.84. The number of carbonyl (C=O) groups excluding carboxylic acids is 1. The van der Waals surface area contributed by atoms with E-state index in [4.69, 9.17) is 0 Å². The number of carbonyl (C=O) groups is 1. The number of alkyl halides is 1. The second-order valence-corrected chi connectivity index (χ2v) is 5.12. The molecule has 1 atom stereocenters. The van der Waals surface area contributed by atoms with Crippen molar-refractivity contribution in [2.45, 2.75) is 11.8 Å². The van der Waals surface area contributed by atoms with Gasteiger partial charge in [-0.05, 0) is 37.3 Å². The van der Waals surface area contributed by atoms with Gasteiger partial charge in [-0.3, -0.25) is 4.79 Å². The van der Waals surface area contributed by atoms with E-state index in [0.717, 1.165) is 11.4 Å². The number of halogens is 1. The van der Waals surface area contributed by atoms with Crippen LogP contribution in [0.1, 0.15) is 6.92 Å². The van der Waals surface area contributed by atoms with Crippen molar-refractivity contribution in [1.29, 1.82) is 0 Å². The predicted octanol–water partition coefficient (Wildman–Crippen LogP) is 3.20. The van der Waals surface area contributed by atoms with Crippen LogP contribution in [0.3, 0.4) is 0 Å². The number of amides is 1. The van der Waals surface area contributed by atoms with Crippen LogP contribution in [-0.2, 0) is 4.79 Å². The molecule has 1 aromatic heterocycles. The van der Waals surface area contributed by atoms with Crippen LogP contribution in [0.5, 0.6) is 0 Å². The summed E-state index contributed by atoms with van der Waals surface area (Å²) in [4.78, 5) is 11.3. The Balaban J connectivity index is 2.20. The first kappa shape index (κ1) is 11.9. The van der Waals surface area contributed by atoms with E-state index in [0.29, 0.717) is 0 Å². The maximum atomic E-state index is 11.5. The Labute approximate surface area is 109 Å². The number of anilines is 1. The van der Waals surface area contributed by atoms with Crippen molar-refractivity contribution in [2.75, 3.05) is 5.32 Å². The van der Waals surface area contributed by atoms with Gasteiger partial charge >= 0.3 is 0 Å². The number of benzene rings is 1. The molecular formula is C13H13BrN2O. The van der Waals surface area contributed by atoms with E-state index in [-0.39, 0.29) is 10.7 Å². The minimum Gasteiger partial charge on any atom is -0.325 e. The molecular weight excluding hydrogens is 280 g/mol. The molecule has 0 bridgehead atoms. The first-order valence-electron chi connectivity index (χ1n) is 5.35. The summed E-state index contributed by atoms with van der Waals surface area (Å²) in [7, 11) is 0. The van der Waals surface area contributed by atoms with Crippen molar-refractivity contribution in [1.82, 2.24) is 4.57 Å². The molecule has 1 aromatic carbocycles. The summed E-state index contributed by atoms with van der Waals surface area (Å²) in [5.74, 6) is -0.0466. The molecule has 0 fully saturated rings. The second kappa shape index (κ2) is 5.19. The number of hydrogen-bond acceptors (Lipinski definition) is 1. The molecule has 0 saturated carbocycles. The molecule has 3 nitrogen and oxygen atoms in total. The first-order chi connectivity index (χ1) is 8.16. The minimum absolute atomic E-state index is 0.0466. The Morgan fingerprint density at radius 2 is 2.00 bits per heavy atom. The van der Waals surface area contributed by atoms with Gasteiger partial charge in [-0.2, -0.15) is 0 Å². The van der Waals surface area contributed by atoms with E-state index in [1.807, 2.05) is 53.4 Å². The number of nitrogens with zero attached hydrogens (tertiary/aromatic N) is 1. The molecule has 1 unspecified atom stereocenters. The average Bonchev–Trinajstić information content (AvgIpc) is 2.82. The molecule has 2 aromatic rings. The zero-order chi connectivity index (χ0) is 12.3. The van der Waals surface area contributed by atoms with Gasteiger partial charge in [-0.25, -0.2) is 0 Å². The van der Waals surface area contributed by atoms with Crippen LogP contribution in [0, 0.1) is 0 Å². The van der Waals surface area contributed by atoms with Gasteiger partial charge in [0.2, 0.25) is 5.91 Å². The van der Waals surface area contributed by atoms with E-state index in [9.17, 15) is 4.79 Å². The Morgan fingerprint density at radius 3 is 2.65 bits per heavy atom. The molecule has 2 rings (SSSR count). The van der Waals surface area contributed by atoms with Gasteiger partial charge in [-0.15, -0.1) is 0 Å². The molecule has 0 radical (unpaired) electrons. The monoisotopic (exact) mass is 292 g/mol. The highest BCUT2D eigenvalue weighted by Gasteiger charge is 2.08. The molecule has 0 aliphatic rings. The number of hydrogen-bond donors (Lipinski definition) is 1. The number of nitrogens with one attached hydrogen (secondary N) is 1. The summed E-state index contributed by atoms with van der Waals surface area (Å²) < 4.78 is 1.99. The third-order valence-electron chi connectivity index (χ3n) is 2.38. The Hall–Kier alpha value is -1.55. The maximum Gasteiger partial charge on any atom is 0.237 e. The molecule has 0 aliphatic carbocycles. The Kier molecular flexibility index (Phi) is 3.64. The Bertz CT molecular complexity index is 506. The molecule has 1 heterocycles. The second-order valence-electron chi connectivity index (χ2n) is 3.75. The molecule has 0 saturated heterocycles. The van der Waals surface area contributed by atoms with Crippen molar-refractivity contribution in [3.63, 3.8) is 0 Å². The lowest BCUT2D eigenvalue weighted by Gasteiger charge is -2.09. The van der Waals surface area contributed by atoms with Crippen LogP contribution in [0.25, 0.3) is 5.69 Å². The summed E-state index contributed by atoms with van der Waals surface area (Å²) in [6, 6.07) is 11.7. The largest absolute Gasteiger partial charge is 0.325 e. The third-order valence-corrected chi connectivity index (χ3v) is 2.79. The minimum atomic E-state index is -0.197. The van der Waals surface area contributed by atoms with Crippen molar-refractivity contribution in [3.05, 3.63) is 48.8 Å². The normalized spacial score (nSPS) is 12.1. The van der Waals surface area contributed by atoms with Gasteiger partial charge in [0, 0.05) is 23.8 Å². The first-order valence-corrected chi connectivity index (χ1v) is 6.27. The molecule has 1 amide bonds. The molecule has 88 valence electrons. The van der Waals surface area contributed by atoms with Crippen LogP contribution in [0.2, 0.25) is 0 Å². The van der Waals surface area contributed by atoms with E-state index < -0.39 is 0 Å². The van der Waals surface area contributed by atoms with E-state index in [1.54, 1.807) is 6.92 Å². The fourth-order valence-corrected chi connectivity index (χ4v) is 1.61. The van der Waals surface area contributed by atoms with Gasteiger partial charge in [0.05, 0.1) is 4.83 Å². The van der Waals surface area contributed by atoms with Crippen molar-refractivity contribution >= 4 is 27.5 Å². The predicted molar refractivity (Wildman–Crippen MR) is 72.8 cm³/mol. The third kappa shape index (κ3) is 2.97. The highest BCUT2D eigenvalue weighted by atomic mass is 79.9. The van der Waals surface area contributed by atoms with Crippen LogP contribution >= 0.6 is 15.9 Å². The van der Waals surface area contributed by atoms with Crippen LogP contribution in [-0.4, -0.2) is 15.3 Å². The lowest BCUT2D eigenvalue weighted by molar-refractivity contribution is -0.115. The summed E-state index contributed by atoms with van der Waals surface area (Å²) in [6.07, 6.45) is 3.93. The summed E-state index contributed by atoms with van der Waals surface area (Å²) in [5.41, 5.74) is 1.82. The molecule has 17 heavy (non-hydrogen) atoms. The standard InChI is InChI=1S/C13H13BrN2O/c1-10(14)13(17)15-11-5-4-6-12(9-11)16-7-2-3-8-16/h2-10H,1H3,(H,15,17). The fourth-order valence-electron chi connectivity index (χ4n) is 1.49. The van der Waals surface area contributed by atoms with Gasteiger partial charge in [0.25, 0.3) is 0 Å². The Morgan fingerprint density at radius 1 is 1.29 bits per heavy atom. The lowest BCUT2D eigenvalue weighted by atomic mass is 10.2. The quantitative estimate of drug-likeness (QED) is 0.866. The number of aromatic nitrogens is 1. The van der Waals surface area contributed by atoms with Crippen molar-refractivity contribution in [2.24, 2.45) is 0 Å². The molecule has 0 spiro atoms. The summed E-state index contributed by atoms with van der Waals surface area (Å²) >= 11 is 3.24. The smallest absolute Gasteiger partial charge is 0.237 e. The average molecular weight is 293 g/mol. The highest BCUT2D eigenvalue weighted by molar-refractivity contribution is 9.10. The van der Waals surface area contributed by atoms with E-state index in [1.165, 1.54) is 0 Å². The fraction of sp³-hybridized carbons (Fsp3) is 0.154. The highest BCUT2D eigenvalue weighted by Crippen LogP contribution is 2.15. The van der Waals surface area contributed by atoms with Gasteiger partial charge in [0.1, 0.15) is 0 Å². The van der Waals surface area contributed by atoms with Crippen molar-refractivity contribution < 1.29 is 4.79 Å². The van der Waals surface area contributed by atoms with Crippen LogP contribution < -0.4 is 5.32 Å². The van der Waals surface area contributed by atoms with E-state index >= 15 is 0 Å². The zero-order valence-electron chi connectivity index (χ0n) is 9.43. The van der Waals surface area contributed by atoms with Crippen molar-refractivity contribution in [3.8, 4) is 5.69 Å². The summed E-state index contributed by atoms with van der Waals surface area (Å²) in [6.45, 7) is 1.80. The maximum absolute atomic E-state index is 11.5. The molecule has 0 aliphatic heterocycles. The molecule has 4 heteroatoms.